The van der Waals surface area contributed by atoms with Crippen LogP contribution >= 0.6 is 0 Å². The zero-order valence-corrected chi connectivity index (χ0v) is 11.2. The van der Waals surface area contributed by atoms with Crippen LogP contribution in [0.25, 0.3) is 0 Å². The van der Waals surface area contributed by atoms with Crippen molar-refractivity contribution in [2.45, 2.75) is 6.61 Å². The molecule has 5 N–H and O–H groups in total. The number of nitrogen functional groups attached to an aromatic ring is 1. The van der Waals surface area contributed by atoms with Crippen LogP contribution in [0.3, 0.4) is 0 Å². The Labute approximate surface area is 117 Å². The Bertz CT molecular complexity index is 626. The Morgan fingerprint density at radius 2 is 2.00 bits per heavy atom. The zero-order valence-electron chi connectivity index (χ0n) is 11.2. The fraction of sp³-hybridized carbons (Fsp3) is 0.133. The molecule has 0 atom stereocenters. The van der Waals surface area contributed by atoms with E-state index in [9.17, 15) is 4.79 Å². The van der Waals surface area contributed by atoms with Gasteiger partial charge in [-0.1, -0.05) is 18.2 Å². The van der Waals surface area contributed by atoms with Crippen LogP contribution in [0.2, 0.25) is 0 Å². The van der Waals surface area contributed by atoms with E-state index in [0.29, 0.717) is 23.5 Å². The lowest BCUT2D eigenvalue weighted by Crippen LogP contribution is -2.14. The number of rotatable bonds is 5. The lowest BCUT2D eigenvalue weighted by molar-refractivity contribution is 0.100. The van der Waals surface area contributed by atoms with Gasteiger partial charge < -0.3 is 21.5 Å². The predicted molar refractivity (Wildman–Crippen MR) is 79.8 cm³/mol. The first-order chi connectivity index (χ1) is 9.61. The minimum Gasteiger partial charge on any atom is -0.397 e. The summed E-state index contributed by atoms with van der Waals surface area (Å²) in [6.45, 7) is 0.516. The number of nitrogens with one attached hydrogen (secondary N) is 1. The van der Waals surface area contributed by atoms with Crippen LogP contribution in [-0.2, 0) is 11.3 Å². The largest absolute Gasteiger partial charge is 0.397 e. The summed E-state index contributed by atoms with van der Waals surface area (Å²) in [5.41, 5.74) is 14.5. The number of carbonyl (C=O) groups is 1. The molecule has 0 aliphatic carbocycles. The molecule has 0 aliphatic rings. The van der Waals surface area contributed by atoms with Crippen molar-refractivity contribution in [2.75, 3.05) is 18.2 Å². The molecule has 0 heterocycles. The molecule has 2 rings (SSSR count). The Balaban J connectivity index is 2.34. The number of primary amides is 1. The standard InChI is InChI=1S/C15H17N3O2/c1-20-9-10-4-2-5-11(8-10)18-14-12(15(17)19)6-3-7-13(14)16/h2-8,18H,9,16H2,1H3,(H2,17,19). The third kappa shape index (κ3) is 3.07. The number of carbonyl (C=O) groups excluding carboxylic acids is 1. The number of hydrogen-bond acceptors (Lipinski definition) is 4. The van der Waals surface area contributed by atoms with E-state index in [1.807, 2.05) is 24.3 Å². The van der Waals surface area contributed by atoms with Gasteiger partial charge in [0.15, 0.2) is 0 Å². The van der Waals surface area contributed by atoms with Gasteiger partial charge in [-0.05, 0) is 29.8 Å². The van der Waals surface area contributed by atoms with E-state index in [2.05, 4.69) is 5.32 Å². The highest BCUT2D eigenvalue weighted by molar-refractivity contribution is 6.02. The van der Waals surface area contributed by atoms with E-state index >= 15 is 0 Å². The zero-order chi connectivity index (χ0) is 14.5. The van der Waals surface area contributed by atoms with Gasteiger partial charge in [0.25, 0.3) is 5.91 Å². The van der Waals surface area contributed by atoms with Crippen molar-refractivity contribution in [3.63, 3.8) is 0 Å². The molecular weight excluding hydrogens is 254 g/mol. The second kappa shape index (κ2) is 6.08. The van der Waals surface area contributed by atoms with Crippen LogP contribution in [0.4, 0.5) is 17.1 Å². The van der Waals surface area contributed by atoms with Crippen molar-refractivity contribution >= 4 is 23.0 Å². The van der Waals surface area contributed by atoms with Crippen LogP contribution < -0.4 is 16.8 Å². The summed E-state index contributed by atoms with van der Waals surface area (Å²) >= 11 is 0. The Morgan fingerprint density at radius 3 is 2.70 bits per heavy atom. The molecule has 20 heavy (non-hydrogen) atoms. The van der Waals surface area contributed by atoms with E-state index < -0.39 is 5.91 Å². The molecule has 104 valence electrons. The molecule has 0 bridgehead atoms. The molecule has 0 saturated heterocycles. The van der Waals surface area contributed by atoms with Gasteiger partial charge >= 0.3 is 0 Å². The minimum absolute atomic E-state index is 0.363. The summed E-state index contributed by atoms with van der Waals surface area (Å²) < 4.78 is 5.09. The van der Waals surface area contributed by atoms with Crippen LogP contribution in [0, 0.1) is 0 Å². The summed E-state index contributed by atoms with van der Waals surface area (Å²) in [5.74, 6) is -0.521. The number of benzene rings is 2. The first-order valence-electron chi connectivity index (χ1n) is 6.15. The van der Waals surface area contributed by atoms with Gasteiger partial charge in [0, 0.05) is 12.8 Å². The lowest BCUT2D eigenvalue weighted by Gasteiger charge is -2.13. The molecule has 0 aliphatic heterocycles. The topological polar surface area (TPSA) is 90.4 Å². The molecule has 0 fully saturated rings. The fourth-order valence-electron chi connectivity index (χ4n) is 1.96. The van der Waals surface area contributed by atoms with Crippen molar-refractivity contribution in [3.8, 4) is 0 Å². The molecule has 0 radical (unpaired) electrons. The monoisotopic (exact) mass is 271 g/mol. The number of para-hydroxylation sites is 1. The van der Waals surface area contributed by atoms with Gasteiger partial charge in [-0.3, -0.25) is 4.79 Å². The van der Waals surface area contributed by atoms with E-state index in [0.717, 1.165) is 11.3 Å². The Kier molecular flexibility index (Phi) is 4.22. The third-order valence-corrected chi connectivity index (χ3v) is 2.87. The number of amides is 1. The number of hydrogen-bond donors (Lipinski definition) is 3. The van der Waals surface area contributed by atoms with Crippen LogP contribution in [0.15, 0.2) is 42.5 Å². The summed E-state index contributed by atoms with van der Waals surface area (Å²) in [6, 6.07) is 12.7. The first kappa shape index (κ1) is 13.9. The number of ether oxygens (including phenoxy) is 1. The molecule has 0 saturated carbocycles. The van der Waals surface area contributed by atoms with Gasteiger partial charge in [-0.15, -0.1) is 0 Å². The summed E-state index contributed by atoms with van der Waals surface area (Å²) in [7, 11) is 1.64. The van der Waals surface area contributed by atoms with Gasteiger partial charge in [0.05, 0.1) is 23.5 Å². The van der Waals surface area contributed by atoms with Crippen LogP contribution in [-0.4, -0.2) is 13.0 Å². The average Bonchev–Trinajstić information content (AvgIpc) is 2.41. The van der Waals surface area contributed by atoms with E-state index in [1.165, 1.54) is 0 Å². The van der Waals surface area contributed by atoms with Crippen molar-refractivity contribution in [1.82, 2.24) is 0 Å². The Hall–Kier alpha value is -2.53. The van der Waals surface area contributed by atoms with Crippen LogP contribution in [0.1, 0.15) is 15.9 Å². The average molecular weight is 271 g/mol. The van der Waals surface area contributed by atoms with Crippen LogP contribution in [0.5, 0.6) is 0 Å². The maximum absolute atomic E-state index is 11.4. The molecule has 5 heteroatoms. The first-order valence-corrected chi connectivity index (χ1v) is 6.15. The van der Waals surface area contributed by atoms with Gasteiger partial charge in [-0.2, -0.15) is 0 Å². The molecular formula is C15H17N3O2. The van der Waals surface area contributed by atoms with Gasteiger partial charge in [0.2, 0.25) is 0 Å². The SMILES string of the molecule is COCc1cccc(Nc2c(N)cccc2C(N)=O)c1. The summed E-state index contributed by atoms with van der Waals surface area (Å²) in [6.07, 6.45) is 0. The fourth-order valence-corrected chi connectivity index (χ4v) is 1.96. The highest BCUT2D eigenvalue weighted by Gasteiger charge is 2.11. The molecule has 5 nitrogen and oxygen atoms in total. The van der Waals surface area contributed by atoms with Crippen molar-refractivity contribution < 1.29 is 9.53 Å². The number of nitrogens with two attached hydrogens (primary N) is 2. The summed E-state index contributed by atoms with van der Waals surface area (Å²) in [5, 5.41) is 3.14. The van der Waals surface area contributed by atoms with Gasteiger partial charge in [-0.25, -0.2) is 0 Å². The number of anilines is 3. The van der Waals surface area contributed by atoms with E-state index in [4.69, 9.17) is 16.2 Å². The molecule has 2 aromatic rings. The van der Waals surface area contributed by atoms with Gasteiger partial charge in [0.1, 0.15) is 0 Å². The van der Waals surface area contributed by atoms with Crippen molar-refractivity contribution in [2.24, 2.45) is 5.73 Å². The van der Waals surface area contributed by atoms with Crippen molar-refractivity contribution in [3.05, 3.63) is 53.6 Å². The maximum atomic E-state index is 11.4. The molecule has 0 aromatic heterocycles. The summed E-state index contributed by atoms with van der Waals surface area (Å²) in [4.78, 5) is 11.4. The Morgan fingerprint density at radius 1 is 1.25 bits per heavy atom. The van der Waals surface area contributed by atoms with Crippen molar-refractivity contribution in [1.29, 1.82) is 0 Å². The molecule has 0 spiro atoms. The maximum Gasteiger partial charge on any atom is 0.250 e. The molecule has 1 amide bonds. The number of methoxy groups -OCH3 is 1. The highest BCUT2D eigenvalue weighted by atomic mass is 16.5. The second-order valence-electron chi connectivity index (χ2n) is 4.39. The second-order valence-corrected chi connectivity index (χ2v) is 4.39. The smallest absolute Gasteiger partial charge is 0.250 e. The minimum atomic E-state index is -0.521. The lowest BCUT2D eigenvalue weighted by atomic mass is 10.1. The predicted octanol–water partition coefficient (Wildman–Crippen LogP) is 2.26. The molecule has 2 aromatic carbocycles. The van der Waals surface area contributed by atoms with E-state index in [-0.39, 0.29) is 0 Å². The van der Waals surface area contributed by atoms with E-state index in [1.54, 1.807) is 25.3 Å². The normalized spacial score (nSPS) is 10.2. The highest BCUT2D eigenvalue weighted by Crippen LogP contribution is 2.27. The quantitative estimate of drug-likeness (QED) is 0.727. The molecule has 0 unspecified atom stereocenters. The third-order valence-electron chi connectivity index (χ3n) is 2.87.